The molecule has 0 aromatic heterocycles. The molecule has 1 rings (SSSR count). The molecular weight excluding hydrogens is 182 g/mol. The molecule has 14 heavy (non-hydrogen) atoms. The molecular formula is C10H19NO3. The SMILES string of the molecule is CCOC(=O)N(CCO)C1CCCC1. The summed E-state index contributed by atoms with van der Waals surface area (Å²) < 4.78 is 4.94. The van der Waals surface area contributed by atoms with Crippen molar-refractivity contribution in [2.75, 3.05) is 19.8 Å². The van der Waals surface area contributed by atoms with E-state index in [1.807, 2.05) is 0 Å². The van der Waals surface area contributed by atoms with Crippen molar-refractivity contribution < 1.29 is 14.6 Å². The summed E-state index contributed by atoms with van der Waals surface area (Å²) in [7, 11) is 0. The van der Waals surface area contributed by atoms with E-state index < -0.39 is 0 Å². The van der Waals surface area contributed by atoms with Crippen molar-refractivity contribution in [3.8, 4) is 0 Å². The Labute approximate surface area is 84.8 Å². The van der Waals surface area contributed by atoms with Crippen LogP contribution in [0.25, 0.3) is 0 Å². The predicted octanol–water partition coefficient (Wildman–Crippen LogP) is 1.38. The number of nitrogens with zero attached hydrogens (tertiary/aromatic N) is 1. The number of ether oxygens (including phenoxy) is 1. The number of aliphatic hydroxyl groups is 1. The summed E-state index contributed by atoms with van der Waals surface area (Å²) in [6.45, 7) is 2.59. The monoisotopic (exact) mass is 201 g/mol. The summed E-state index contributed by atoms with van der Waals surface area (Å²) in [6.07, 6.45) is 4.14. The molecule has 82 valence electrons. The first-order chi connectivity index (χ1) is 6.79. The Bertz CT molecular complexity index is 178. The summed E-state index contributed by atoms with van der Waals surface area (Å²) in [5.74, 6) is 0. The van der Waals surface area contributed by atoms with E-state index in [1.54, 1.807) is 11.8 Å². The van der Waals surface area contributed by atoms with Gasteiger partial charge in [-0.3, -0.25) is 0 Å². The Morgan fingerprint density at radius 3 is 2.64 bits per heavy atom. The van der Waals surface area contributed by atoms with Crippen molar-refractivity contribution in [2.24, 2.45) is 0 Å². The van der Waals surface area contributed by atoms with Crippen LogP contribution < -0.4 is 0 Å². The van der Waals surface area contributed by atoms with Gasteiger partial charge in [0.25, 0.3) is 0 Å². The van der Waals surface area contributed by atoms with E-state index >= 15 is 0 Å². The summed E-state index contributed by atoms with van der Waals surface area (Å²) in [6, 6.07) is 0.279. The number of rotatable bonds is 4. The van der Waals surface area contributed by atoms with Crippen molar-refractivity contribution in [1.82, 2.24) is 4.90 Å². The highest BCUT2D eigenvalue weighted by Crippen LogP contribution is 2.23. The molecule has 0 aliphatic heterocycles. The van der Waals surface area contributed by atoms with Crippen LogP contribution in [-0.2, 0) is 4.74 Å². The summed E-state index contributed by atoms with van der Waals surface area (Å²) in [5.41, 5.74) is 0. The maximum absolute atomic E-state index is 11.5. The Balaban J connectivity index is 2.48. The van der Waals surface area contributed by atoms with Gasteiger partial charge in [0.15, 0.2) is 0 Å². The fourth-order valence-corrected chi connectivity index (χ4v) is 1.95. The normalized spacial score (nSPS) is 17.0. The average Bonchev–Trinajstić information content (AvgIpc) is 2.67. The number of hydrogen-bond donors (Lipinski definition) is 1. The number of carbonyl (C=O) groups excluding carboxylic acids is 1. The van der Waals surface area contributed by atoms with Gasteiger partial charge in [-0.25, -0.2) is 4.79 Å². The van der Waals surface area contributed by atoms with Crippen molar-refractivity contribution in [3.05, 3.63) is 0 Å². The first kappa shape index (κ1) is 11.3. The maximum Gasteiger partial charge on any atom is 0.410 e. The van der Waals surface area contributed by atoms with Gasteiger partial charge in [0.1, 0.15) is 0 Å². The lowest BCUT2D eigenvalue weighted by molar-refractivity contribution is 0.0812. The molecule has 1 aliphatic carbocycles. The van der Waals surface area contributed by atoms with E-state index in [0.717, 1.165) is 12.8 Å². The fourth-order valence-electron chi connectivity index (χ4n) is 1.95. The zero-order valence-corrected chi connectivity index (χ0v) is 8.74. The predicted molar refractivity (Wildman–Crippen MR) is 53.1 cm³/mol. The highest BCUT2D eigenvalue weighted by molar-refractivity contribution is 5.68. The average molecular weight is 201 g/mol. The van der Waals surface area contributed by atoms with Crippen LogP contribution in [0.2, 0.25) is 0 Å². The molecule has 0 radical (unpaired) electrons. The molecule has 1 aliphatic rings. The van der Waals surface area contributed by atoms with Gasteiger partial charge in [0.05, 0.1) is 13.2 Å². The highest BCUT2D eigenvalue weighted by Gasteiger charge is 2.26. The molecule has 4 heteroatoms. The maximum atomic E-state index is 11.5. The molecule has 4 nitrogen and oxygen atoms in total. The fraction of sp³-hybridized carbons (Fsp3) is 0.900. The van der Waals surface area contributed by atoms with Gasteiger partial charge in [-0.1, -0.05) is 12.8 Å². The summed E-state index contributed by atoms with van der Waals surface area (Å²) in [4.78, 5) is 13.2. The minimum Gasteiger partial charge on any atom is -0.450 e. The molecule has 0 bridgehead atoms. The van der Waals surface area contributed by atoms with Gasteiger partial charge >= 0.3 is 6.09 Å². The van der Waals surface area contributed by atoms with Crippen molar-refractivity contribution >= 4 is 6.09 Å². The van der Waals surface area contributed by atoms with Gasteiger partial charge in [-0.2, -0.15) is 0 Å². The molecule has 1 saturated carbocycles. The van der Waals surface area contributed by atoms with Gasteiger partial charge in [-0.15, -0.1) is 0 Å². The third-order valence-corrected chi connectivity index (χ3v) is 2.61. The van der Waals surface area contributed by atoms with E-state index in [-0.39, 0.29) is 18.7 Å². The molecule has 1 amide bonds. The molecule has 0 unspecified atom stereocenters. The molecule has 0 spiro atoms. The molecule has 0 aromatic rings. The van der Waals surface area contributed by atoms with Crippen molar-refractivity contribution in [3.63, 3.8) is 0 Å². The molecule has 0 aromatic carbocycles. The van der Waals surface area contributed by atoms with E-state index in [4.69, 9.17) is 9.84 Å². The third-order valence-electron chi connectivity index (χ3n) is 2.61. The van der Waals surface area contributed by atoms with Crippen LogP contribution in [0, 0.1) is 0 Å². The number of amides is 1. The van der Waals surface area contributed by atoms with E-state index in [1.165, 1.54) is 12.8 Å². The second-order valence-corrected chi connectivity index (χ2v) is 3.55. The van der Waals surface area contributed by atoms with Crippen LogP contribution in [0.15, 0.2) is 0 Å². The zero-order chi connectivity index (χ0) is 10.4. The number of carbonyl (C=O) groups is 1. The van der Waals surface area contributed by atoms with Crippen LogP contribution >= 0.6 is 0 Å². The molecule has 1 fully saturated rings. The third kappa shape index (κ3) is 2.87. The van der Waals surface area contributed by atoms with Crippen LogP contribution in [0.5, 0.6) is 0 Å². The van der Waals surface area contributed by atoms with Gasteiger partial charge in [-0.05, 0) is 19.8 Å². The minimum atomic E-state index is -0.284. The number of hydrogen-bond acceptors (Lipinski definition) is 3. The van der Waals surface area contributed by atoms with E-state index in [9.17, 15) is 4.79 Å². The van der Waals surface area contributed by atoms with Crippen LogP contribution in [0.4, 0.5) is 4.79 Å². The summed E-state index contributed by atoms with van der Waals surface area (Å²) in [5, 5.41) is 8.86. The first-order valence-electron chi connectivity index (χ1n) is 5.33. The highest BCUT2D eigenvalue weighted by atomic mass is 16.6. The second-order valence-electron chi connectivity index (χ2n) is 3.55. The van der Waals surface area contributed by atoms with E-state index in [2.05, 4.69) is 0 Å². The standard InChI is InChI=1S/C10H19NO3/c1-2-14-10(13)11(7-8-12)9-5-3-4-6-9/h9,12H,2-8H2,1H3. The second kappa shape index (κ2) is 5.86. The minimum absolute atomic E-state index is 0.00924. The number of aliphatic hydroxyl groups excluding tert-OH is 1. The molecule has 0 saturated heterocycles. The van der Waals surface area contributed by atoms with E-state index in [0.29, 0.717) is 13.2 Å². The van der Waals surface area contributed by atoms with Gasteiger partial charge in [0.2, 0.25) is 0 Å². The van der Waals surface area contributed by atoms with Crippen molar-refractivity contribution in [2.45, 2.75) is 38.6 Å². The molecule has 0 heterocycles. The van der Waals surface area contributed by atoms with Crippen LogP contribution in [-0.4, -0.2) is 41.9 Å². The summed E-state index contributed by atoms with van der Waals surface area (Å²) >= 11 is 0. The quantitative estimate of drug-likeness (QED) is 0.747. The lowest BCUT2D eigenvalue weighted by atomic mass is 10.2. The Morgan fingerprint density at radius 1 is 1.50 bits per heavy atom. The van der Waals surface area contributed by atoms with Gasteiger partial charge in [0, 0.05) is 12.6 Å². The van der Waals surface area contributed by atoms with Crippen LogP contribution in [0.1, 0.15) is 32.6 Å². The smallest absolute Gasteiger partial charge is 0.410 e. The van der Waals surface area contributed by atoms with Crippen LogP contribution in [0.3, 0.4) is 0 Å². The topological polar surface area (TPSA) is 49.8 Å². The van der Waals surface area contributed by atoms with Crippen molar-refractivity contribution in [1.29, 1.82) is 0 Å². The lowest BCUT2D eigenvalue weighted by Gasteiger charge is -2.27. The molecule has 1 N–H and O–H groups in total. The lowest BCUT2D eigenvalue weighted by Crippen LogP contribution is -2.41. The Hall–Kier alpha value is -0.770. The van der Waals surface area contributed by atoms with Gasteiger partial charge < -0.3 is 14.7 Å². The molecule has 0 atom stereocenters. The zero-order valence-electron chi connectivity index (χ0n) is 8.74. The first-order valence-corrected chi connectivity index (χ1v) is 5.33. The Morgan fingerprint density at radius 2 is 2.14 bits per heavy atom. The largest absolute Gasteiger partial charge is 0.450 e. The Kier molecular flexibility index (Phi) is 4.73.